The predicted octanol–water partition coefficient (Wildman–Crippen LogP) is 3.91. The van der Waals surface area contributed by atoms with Crippen molar-refractivity contribution < 1.29 is 36.2 Å². The summed E-state index contributed by atoms with van der Waals surface area (Å²) < 4.78 is 85.7. The topological polar surface area (TPSA) is 145 Å². The van der Waals surface area contributed by atoms with Crippen molar-refractivity contribution in [2.24, 2.45) is 0 Å². The number of alkyl halides is 3. The molecule has 2 saturated heterocycles. The summed E-state index contributed by atoms with van der Waals surface area (Å²) in [7, 11) is 3.32. The molecule has 0 radical (unpaired) electrons. The number of carbonyl (C=O) groups is 1. The molecular formula is C30H37F5N8O3. The van der Waals surface area contributed by atoms with E-state index in [1.165, 1.54) is 4.90 Å². The number of carbonyl (C=O) groups excluding carboxylic acids is 1. The van der Waals surface area contributed by atoms with Crippen LogP contribution in [0.25, 0.3) is 22.2 Å². The molecule has 11 nitrogen and oxygen atoms in total. The van der Waals surface area contributed by atoms with Gasteiger partial charge in [0, 0.05) is 31.7 Å². The summed E-state index contributed by atoms with van der Waals surface area (Å²) in [4.78, 5) is 28.3. The number of pyridine rings is 1. The number of aromatic nitrogens is 3. The molecule has 46 heavy (non-hydrogen) atoms. The summed E-state index contributed by atoms with van der Waals surface area (Å²) in [5.41, 5.74) is 7.04. The maximum atomic E-state index is 16.4. The number of fused-ring (bicyclic) bond motifs is 1. The molecule has 5 N–H and O–H groups in total. The number of amides is 1. The average molecular weight is 653 g/mol. The Balaban J connectivity index is 1.59. The minimum Gasteiger partial charge on any atom is -0.474 e. The van der Waals surface area contributed by atoms with Crippen molar-refractivity contribution in [3.05, 3.63) is 28.8 Å². The highest BCUT2D eigenvalue weighted by Gasteiger charge is 2.39. The molecule has 2 fully saturated rings. The van der Waals surface area contributed by atoms with Gasteiger partial charge in [-0.15, -0.1) is 0 Å². The third-order valence-electron chi connectivity index (χ3n) is 8.42. The molecule has 3 atom stereocenters. The first-order valence-electron chi connectivity index (χ1n) is 15.0. The Labute approximate surface area is 262 Å². The van der Waals surface area contributed by atoms with E-state index in [9.17, 15) is 22.4 Å². The van der Waals surface area contributed by atoms with Gasteiger partial charge < -0.3 is 31.2 Å². The van der Waals surface area contributed by atoms with Crippen molar-refractivity contribution in [1.29, 1.82) is 0 Å². The number of nitrogen functional groups attached to an aromatic ring is 2. The lowest BCUT2D eigenvalue weighted by Gasteiger charge is -2.30. The van der Waals surface area contributed by atoms with Gasteiger partial charge in [0.15, 0.2) is 5.82 Å². The molecule has 3 unspecified atom stereocenters. The third-order valence-corrected chi connectivity index (χ3v) is 8.42. The molecule has 5 rings (SSSR count). The summed E-state index contributed by atoms with van der Waals surface area (Å²) in [5.74, 6) is -3.18. The van der Waals surface area contributed by atoms with Crippen LogP contribution in [0.3, 0.4) is 0 Å². The van der Waals surface area contributed by atoms with Gasteiger partial charge in [-0.2, -0.15) is 23.1 Å². The Morgan fingerprint density at radius 3 is 2.52 bits per heavy atom. The fraction of sp³-hybridized carbons (Fsp3) is 0.533. The smallest absolute Gasteiger partial charge is 0.417 e. The number of halogens is 5. The molecule has 250 valence electrons. The van der Waals surface area contributed by atoms with Gasteiger partial charge in [-0.1, -0.05) is 0 Å². The van der Waals surface area contributed by atoms with Crippen molar-refractivity contribution in [2.75, 3.05) is 51.8 Å². The van der Waals surface area contributed by atoms with Crippen LogP contribution in [0, 0.1) is 18.6 Å². The molecule has 2 aromatic heterocycles. The lowest BCUT2D eigenvalue weighted by atomic mass is 9.96. The predicted molar refractivity (Wildman–Crippen MR) is 161 cm³/mol. The third kappa shape index (κ3) is 6.72. The number of anilines is 2. The molecule has 0 spiro atoms. The first-order chi connectivity index (χ1) is 21.6. The molecule has 0 bridgehead atoms. The van der Waals surface area contributed by atoms with Gasteiger partial charge in [0.25, 0.3) is 0 Å². The van der Waals surface area contributed by atoms with E-state index in [2.05, 4.69) is 20.3 Å². The van der Waals surface area contributed by atoms with Crippen LogP contribution in [-0.4, -0.2) is 89.2 Å². The first-order valence-corrected chi connectivity index (χ1v) is 15.0. The number of benzene rings is 1. The van der Waals surface area contributed by atoms with E-state index >= 15 is 4.39 Å². The number of likely N-dealkylation sites (N-methyl/N-ethyl adjacent to an activating group) is 1. The highest BCUT2D eigenvalue weighted by Crippen LogP contribution is 2.44. The van der Waals surface area contributed by atoms with Crippen LogP contribution in [0.4, 0.5) is 33.5 Å². The molecule has 16 heteroatoms. The zero-order chi connectivity index (χ0) is 33.5. The summed E-state index contributed by atoms with van der Waals surface area (Å²) in [6.07, 6.45) is -2.60. The second-order valence-corrected chi connectivity index (χ2v) is 12.0. The Kier molecular flexibility index (Phi) is 9.40. The number of likely N-dealkylation sites (tertiary alicyclic amines) is 1. The molecular weight excluding hydrogens is 615 g/mol. The van der Waals surface area contributed by atoms with Gasteiger partial charge in [0.2, 0.25) is 11.8 Å². The first kappa shape index (κ1) is 33.3. The van der Waals surface area contributed by atoms with E-state index in [4.69, 9.17) is 20.9 Å². The Morgan fingerprint density at radius 1 is 1.17 bits per heavy atom. The second-order valence-electron chi connectivity index (χ2n) is 12.0. The summed E-state index contributed by atoms with van der Waals surface area (Å²) in [6, 6.07) is 0.367. The molecule has 1 aromatic carbocycles. The van der Waals surface area contributed by atoms with Crippen molar-refractivity contribution in [1.82, 2.24) is 30.1 Å². The van der Waals surface area contributed by atoms with Gasteiger partial charge in [0.1, 0.15) is 34.8 Å². The second kappa shape index (κ2) is 13.0. The maximum Gasteiger partial charge on any atom is 0.417 e. The van der Waals surface area contributed by atoms with Crippen LogP contribution in [-0.2, 0) is 11.0 Å². The number of ether oxygens (including phenoxy) is 2. The molecule has 4 heterocycles. The summed E-state index contributed by atoms with van der Waals surface area (Å²) in [6.45, 7) is 4.40. The van der Waals surface area contributed by atoms with Crippen LogP contribution in [0.5, 0.6) is 11.9 Å². The van der Waals surface area contributed by atoms with E-state index in [0.717, 1.165) is 32.7 Å². The number of nitrogens with one attached hydrogen (secondary N) is 1. The maximum absolute atomic E-state index is 16.4. The monoisotopic (exact) mass is 652 g/mol. The van der Waals surface area contributed by atoms with Crippen LogP contribution in [0.1, 0.15) is 43.7 Å². The lowest BCUT2D eigenvalue weighted by molar-refractivity contribution is -0.137. The molecule has 0 aliphatic carbocycles. The highest BCUT2D eigenvalue weighted by molar-refractivity contribution is 5.96. The minimum absolute atomic E-state index is 0.0475. The lowest BCUT2D eigenvalue weighted by Crippen LogP contribution is -2.45. The fourth-order valence-electron chi connectivity index (χ4n) is 5.81. The number of rotatable bonds is 10. The quantitative estimate of drug-likeness (QED) is 0.218. The summed E-state index contributed by atoms with van der Waals surface area (Å²) >= 11 is 0. The van der Waals surface area contributed by atoms with Crippen molar-refractivity contribution >= 4 is 28.3 Å². The van der Waals surface area contributed by atoms with Crippen molar-refractivity contribution in [3.63, 3.8) is 0 Å². The molecule has 1 amide bonds. The van der Waals surface area contributed by atoms with Gasteiger partial charge in [-0.25, -0.2) is 13.8 Å². The van der Waals surface area contributed by atoms with Crippen molar-refractivity contribution in [2.45, 2.75) is 63.9 Å². The molecule has 3 aromatic rings. The van der Waals surface area contributed by atoms with Crippen LogP contribution < -0.4 is 26.3 Å². The van der Waals surface area contributed by atoms with E-state index in [1.807, 2.05) is 4.90 Å². The zero-order valence-corrected chi connectivity index (χ0v) is 26.0. The van der Waals surface area contributed by atoms with E-state index < -0.39 is 57.5 Å². The van der Waals surface area contributed by atoms with Gasteiger partial charge >= 0.3 is 12.2 Å². The number of nitrogens with zero attached hydrogens (tertiary/aromatic N) is 5. The SMILES string of the molecule is Cc1c(F)c(N)cc(-c2nc(OC(C)CC3CCN3)c3c(N)nc(OCC4CCCN4CC(=O)N(C)C)nc3c2F)c1C(F)(F)F. The molecule has 0 saturated carbocycles. The average Bonchev–Trinajstić information content (AvgIpc) is 3.39. The molecule has 2 aliphatic rings. The Bertz CT molecular complexity index is 1630. The number of nitrogens with two attached hydrogens (primary N) is 2. The Hall–Kier alpha value is -4.05. The van der Waals surface area contributed by atoms with Crippen LogP contribution in [0.15, 0.2) is 6.07 Å². The largest absolute Gasteiger partial charge is 0.474 e. The van der Waals surface area contributed by atoms with Gasteiger partial charge in [0.05, 0.1) is 23.9 Å². The number of hydrogen-bond donors (Lipinski definition) is 3. The van der Waals surface area contributed by atoms with Crippen molar-refractivity contribution in [3.8, 4) is 23.1 Å². The number of hydrogen-bond acceptors (Lipinski definition) is 10. The van der Waals surface area contributed by atoms with E-state index in [0.29, 0.717) is 19.0 Å². The fourth-order valence-corrected chi connectivity index (χ4v) is 5.81. The van der Waals surface area contributed by atoms with Crippen LogP contribution >= 0.6 is 0 Å². The van der Waals surface area contributed by atoms with E-state index in [1.54, 1.807) is 21.0 Å². The summed E-state index contributed by atoms with van der Waals surface area (Å²) in [5, 5.41) is 3.09. The van der Waals surface area contributed by atoms with Crippen LogP contribution in [0.2, 0.25) is 0 Å². The minimum atomic E-state index is -5.08. The normalized spacial score (nSPS) is 19.2. The van der Waals surface area contributed by atoms with Gasteiger partial charge in [-0.05, 0) is 64.3 Å². The standard InChI is InChI=1S/C30H37F5N8O3/c1-14(10-16-7-8-38-16)46-28-21-26(24(32)25(39-28)18-11-19(36)23(31)15(2)22(18)30(33,34)35)40-29(41-27(21)37)45-13-17-6-5-9-43(17)12-20(44)42(3)4/h11,14,16-17,38H,5-10,12-13,36H2,1-4H3,(H2,37,40,41). The van der Waals surface area contributed by atoms with E-state index in [-0.39, 0.29) is 54.2 Å². The zero-order valence-electron chi connectivity index (χ0n) is 26.0. The molecule has 2 aliphatic heterocycles. The Morgan fingerprint density at radius 2 is 1.89 bits per heavy atom. The van der Waals surface area contributed by atoms with Gasteiger partial charge in [-0.3, -0.25) is 9.69 Å². The highest BCUT2D eigenvalue weighted by atomic mass is 19.4.